The Morgan fingerprint density at radius 2 is 1.71 bits per heavy atom. The van der Waals surface area contributed by atoms with Crippen molar-refractivity contribution in [2.45, 2.75) is 19.3 Å². The summed E-state index contributed by atoms with van der Waals surface area (Å²) in [5.74, 6) is 0.756. The van der Waals surface area contributed by atoms with Crippen molar-refractivity contribution in [3.05, 3.63) is 82.6 Å². The third kappa shape index (κ3) is 3.10. The highest BCUT2D eigenvalue weighted by Crippen LogP contribution is 2.32. The molecule has 0 spiro atoms. The van der Waals surface area contributed by atoms with E-state index in [1.165, 1.54) is 16.7 Å². The Kier molecular flexibility index (Phi) is 4.14. The fraction of sp³-hybridized carbons (Fsp3) is 0.143. The van der Waals surface area contributed by atoms with Gasteiger partial charge in [-0.05, 0) is 66.3 Å². The van der Waals surface area contributed by atoms with E-state index >= 15 is 0 Å². The zero-order valence-corrected chi connectivity index (χ0v) is 14.0. The monoisotopic (exact) mass is 332 g/mol. The molecule has 1 aliphatic rings. The SMILES string of the molecule is Clc1ccc(-c2ncc3c(n2)/C(=C\c2ccccc2)CCC3)cc1. The summed E-state index contributed by atoms with van der Waals surface area (Å²) in [6, 6.07) is 18.1. The standard InChI is InChI=1S/C21H17ClN2/c22-19-11-9-16(10-12-19)21-23-14-18-8-4-7-17(20(18)24-21)13-15-5-2-1-3-6-15/h1-3,5-6,9-14H,4,7-8H2/b17-13-. The number of hydrogen-bond acceptors (Lipinski definition) is 2. The van der Waals surface area contributed by atoms with Crippen LogP contribution in [0.5, 0.6) is 0 Å². The van der Waals surface area contributed by atoms with Crippen LogP contribution in [0.3, 0.4) is 0 Å². The molecule has 0 atom stereocenters. The van der Waals surface area contributed by atoms with Crippen molar-refractivity contribution in [3.8, 4) is 11.4 Å². The van der Waals surface area contributed by atoms with Crippen LogP contribution in [-0.4, -0.2) is 9.97 Å². The smallest absolute Gasteiger partial charge is 0.159 e. The van der Waals surface area contributed by atoms with Crippen molar-refractivity contribution in [3.63, 3.8) is 0 Å². The van der Waals surface area contributed by atoms with E-state index in [0.717, 1.165) is 41.4 Å². The van der Waals surface area contributed by atoms with Crippen LogP contribution in [0, 0.1) is 0 Å². The number of aryl methyl sites for hydroxylation is 1. The Labute approximate surface area is 146 Å². The Hall–Kier alpha value is -2.45. The van der Waals surface area contributed by atoms with Gasteiger partial charge in [0, 0.05) is 16.8 Å². The second-order valence-corrected chi connectivity index (χ2v) is 6.44. The lowest BCUT2D eigenvalue weighted by Gasteiger charge is -2.18. The van der Waals surface area contributed by atoms with Crippen molar-refractivity contribution >= 4 is 23.3 Å². The lowest BCUT2D eigenvalue weighted by atomic mass is 9.91. The van der Waals surface area contributed by atoms with E-state index in [1.54, 1.807) is 0 Å². The van der Waals surface area contributed by atoms with Gasteiger partial charge in [-0.15, -0.1) is 0 Å². The van der Waals surface area contributed by atoms with Gasteiger partial charge in [-0.2, -0.15) is 0 Å². The lowest BCUT2D eigenvalue weighted by molar-refractivity contribution is 0.803. The normalized spacial score (nSPS) is 15.3. The fourth-order valence-corrected chi connectivity index (χ4v) is 3.21. The lowest BCUT2D eigenvalue weighted by Crippen LogP contribution is -2.07. The first-order chi connectivity index (χ1) is 11.8. The summed E-state index contributed by atoms with van der Waals surface area (Å²) in [5, 5.41) is 0.723. The van der Waals surface area contributed by atoms with Crippen LogP contribution < -0.4 is 0 Å². The molecule has 2 aromatic carbocycles. The van der Waals surface area contributed by atoms with Crippen LogP contribution in [0.2, 0.25) is 5.02 Å². The molecule has 2 nitrogen and oxygen atoms in total. The molecule has 0 amide bonds. The van der Waals surface area contributed by atoms with Crippen molar-refractivity contribution in [2.75, 3.05) is 0 Å². The van der Waals surface area contributed by atoms with Crippen LogP contribution in [0.1, 0.15) is 29.7 Å². The quantitative estimate of drug-likeness (QED) is 0.604. The van der Waals surface area contributed by atoms with E-state index < -0.39 is 0 Å². The predicted octanol–water partition coefficient (Wildman–Crippen LogP) is 5.67. The van der Waals surface area contributed by atoms with Gasteiger partial charge >= 0.3 is 0 Å². The molecule has 0 radical (unpaired) electrons. The number of halogens is 1. The maximum Gasteiger partial charge on any atom is 0.159 e. The maximum absolute atomic E-state index is 5.98. The molecule has 1 aromatic heterocycles. The summed E-state index contributed by atoms with van der Waals surface area (Å²) < 4.78 is 0. The van der Waals surface area contributed by atoms with Crippen molar-refractivity contribution in [1.82, 2.24) is 9.97 Å². The van der Waals surface area contributed by atoms with Crippen LogP contribution in [0.15, 0.2) is 60.8 Å². The molecule has 0 aliphatic heterocycles. The molecule has 0 unspecified atom stereocenters. The second-order valence-electron chi connectivity index (χ2n) is 6.01. The van der Waals surface area contributed by atoms with Crippen molar-refractivity contribution in [1.29, 1.82) is 0 Å². The zero-order chi connectivity index (χ0) is 16.4. The van der Waals surface area contributed by atoms with Gasteiger partial charge in [0.05, 0.1) is 5.69 Å². The third-order valence-electron chi connectivity index (χ3n) is 4.30. The molecule has 0 saturated carbocycles. The van der Waals surface area contributed by atoms with Gasteiger partial charge in [-0.3, -0.25) is 0 Å². The highest BCUT2D eigenvalue weighted by Gasteiger charge is 2.17. The van der Waals surface area contributed by atoms with E-state index in [-0.39, 0.29) is 0 Å². The van der Waals surface area contributed by atoms with Gasteiger partial charge in [0.15, 0.2) is 5.82 Å². The van der Waals surface area contributed by atoms with Crippen LogP contribution in [0.4, 0.5) is 0 Å². The Bertz CT molecular complexity index is 883. The summed E-state index contributed by atoms with van der Waals surface area (Å²) >= 11 is 5.98. The van der Waals surface area contributed by atoms with Gasteiger partial charge in [0.2, 0.25) is 0 Å². The number of allylic oxidation sites excluding steroid dienone is 1. The minimum absolute atomic E-state index is 0.723. The molecule has 0 N–H and O–H groups in total. The minimum Gasteiger partial charge on any atom is -0.236 e. The van der Waals surface area contributed by atoms with Gasteiger partial charge in [0.1, 0.15) is 0 Å². The number of benzene rings is 2. The van der Waals surface area contributed by atoms with Crippen molar-refractivity contribution < 1.29 is 0 Å². The number of nitrogens with zero attached hydrogens (tertiary/aromatic N) is 2. The summed E-state index contributed by atoms with van der Waals surface area (Å²) in [6.07, 6.45) is 7.47. The van der Waals surface area contributed by atoms with Gasteiger partial charge in [-0.1, -0.05) is 41.9 Å². The van der Waals surface area contributed by atoms with E-state index in [2.05, 4.69) is 35.3 Å². The van der Waals surface area contributed by atoms with Gasteiger partial charge < -0.3 is 0 Å². The number of fused-ring (bicyclic) bond motifs is 1. The van der Waals surface area contributed by atoms with E-state index in [0.29, 0.717) is 0 Å². The Morgan fingerprint density at radius 3 is 2.50 bits per heavy atom. The zero-order valence-electron chi connectivity index (χ0n) is 13.2. The van der Waals surface area contributed by atoms with Crippen molar-refractivity contribution in [2.24, 2.45) is 0 Å². The topological polar surface area (TPSA) is 25.8 Å². The molecule has 24 heavy (non-hydrogen) atoms. The average molecular weight is 333 g/mol. The van der Waals surface area contributed by atoms with Gasteiger partial charge in [0.25, 0.3) is 0 Å². The average Bonchev–Trinajstić information content (AvgIpc) is 2.63. The van der Waals surface area contributed by atoms with E-state index in [1.807, 2.05) is 36.5 Å². The first-order valence-corrected chi connectivity index (χ1v) is 8.55. The molecule has 1 heterocycles. The molecule has 3 aromatic rings. The third-order valence-corrected chi connectivity index (χ3v) is 4.56. The molecule has 3 heteroatoms. The molecule has 0 fully saturated rings. The Morgan fingerprint density at radius 1 is 0.917 bits per heavy atom. The summed E-state index contributed by atoms with van der Waals surface area (Å²) in [4.78, 5) is 9.42. The first-order valence-electron chi connectivity index (χ1n) is 8.17. The highest BCUT2D eigenvalue weighted by atomic mass is 35.5. The summed E-state index contributed by atoms with van der Waals surface area (Å²) in [6.45, 7) is 0. The summed E-state index contributed by atoms with van der Waals surface area (Å²) in [7, 11) is 0. The van der Waals surface area contributed by atoms with Crippen LogP contribution in [-0.2, 0) is 6.42 Å². The number of hydrogen-bond donors (Lipinski definition) is 0. The molecule has 0 saturated heterocycles. The number of rotatable bonds is 2. The highest BCUT2D eigenvalue weighted by molar-refractivity contribution is 6.30. The maximum atomic E-state index is 5.98. The molecule has 0 bridgehead atoms. The molecule has 118 valence electrons. The molecule has 4 rings (SSSR count). The second kappa shape index (κ2) is 6.58. The molecule has 1 aliphatic carbocycles. The van der Waals surface area contributed by atoms with E-state index in [9.17, 15) is 0 Å². The molecular weight excluding hydrogens is 316 g/mol. The number of aromatic nitrogens is 2. The first kappa shape index (κ1) is 15.1. The van der Waals surface area contributed by atoms with Crippen LogP contribution in [0.25, 0.3) is 23.0 Å². The minimum atomic E-state index is 0.723. The van der Waals surface area contributed by atoms with Crippen LogP contribution >= 0.6 is 11.6 Å². The largest absolute Gasteiger partial charge is 0.236 e. The fourth-order valence-electron chi connectivity index (χ4n) is 3.08. The predicted molar refractivity (Wildman–Crippen MR) is 99.7 cm³/mol. The summed E-state index contributed by atoms with van der Waals surface area (Å²) in [5.41, 5.74) is 5.82. The van der Waals surface area contributed by atoms with Gasteiger partial charge in [-0.25, -0.2) is 9.97 Å². The van der Waals surface area contributed by atoms with E-state index in [4.69, 9.17) is 16.6 Å². The Balaban J connectivity index is 1.77. The molecular formula is C21H17ClN2.